The van der Waals surface area contributed by atoms with Gasteiger partial charge in [0.1, 0.15) is 11.6 Å². The Morgan fingerprint density at radius 3 is 2.33 bits per heavy atom. The summed E-state index contributed by atoms with van der Waals surface area (Å²) in [5, 5.41) is 8.51. The lowest BCUT2D eigenvalue weighted by Crippen LogP contribution is -2.25. The third-order valence-corrected chi connectivity index (χ3v) is 1.76. The number of hydrogen-bond donors (Lipinski definition) is 1. The van der Waals surface area contributed by atoms with E-state index < -0.39 is 23.7 Å². The fraction of sp³-hybridized carbons (Fsp3) is 0.200. The monoisotopic (exact) mass is 212 g/mol. The second-order valence-electron chi connectivity index (χ2n) is 2.93. The molecular weight excluding hydrogens is 203 g/mol. The zero-order valence-corrected chi connectivity index (χ0v) is 7.94. The number of benzene rings is 1. The predicted octanol–water partition coefficient (Wildman–Crippen LogP) is 1.45. The number of carboxylic acids is 1. The van der Waals surface area contributed by atoms with Gasteiger partial charge in [-0.05, 0) is 31.2 Å². The Bertz CT molecular complexity index is 372. The van der Waals surface area contributed by atoms with Gasteiger partial charge >= 0.3 is 11.9 Å². The van der Waals surface area contributed by atoms with Crippen LogP contribution in [0, 0.1) is 11.7 Å². The van der Waals surface area contributed by atoms with Gasteiger partial charge in [-0.25, -0.2) is 4.39 Å². The number of rotatable bonds is 3. The molecule has 1 aromatic rings. The third kappa shape index (κ3) is 3.05. The minimum Gasteiger partial charge on any atom is -0.481 e. The lowest BCUT2D eigenvalue weighted by atomic mass is 10.2. The van der Waals surface area contributed by atoms with E-state index in [0.29, 0.717) is 0 Å². The molecule has 0 radical (unpaired) electrons. The first-order valence-corrected chi connectivity index (χ1v) is 4.21. The molecule has 0 spiro atoms. The summed E-state index contributed by atoms with van der Waals surface area (Å²) in [6, 6.07) is 4.74. The van der Waals surface area contributed by atoms with Crippen molar-refractivity contribution in [3.63, 3.8) is 0 Å². The van der Waals surface area contributed by atoms with Crippen LogP contribution in [0.1, 0.15) is 6.92 Å². The predicted molar refractivity (Wildman–Crippen MR) is 48.8 cm³/mol. The van der Waals surface area contributed by atoms with Crippen molar-refractivity contribution in [3.05, 3.63) is 30.1 Å². The Balaban J connectivity index is 2.66. The van der Waals surface area contributed by atoms with Gasteiger partial charge in [0.25, 0.3) is 0 Å². The number of halogens is 1. The first-order chi connectivity index (χ1) is 7.00. The summed E-state index contributed by atoms with van der Waals surface area (Å²) in [6.07, 6.45) is 0. The van der Waals surface area contributed by atoms with Gasteiger partial charge in [-0.15, -0.1) is 0 Å². The first kappa shape index (κ1) is 11.2. The van der Waals surface area contributed by atoms with E-state index in [0.717, 1.165) is 12.1 Å². The molecule has 0 fully saturated rings. The Kier molecular flexibility index (Phi) is 3.38. The summed E-state index contributed by atoms with van der Waals surface area (Å²) in [5.41, 5.74) is 0. The largest absolute Gasteiger partial charge is 0.481 e. The van der Waals surface area contributed by atoms with Crippen LogP contribution in [0.2, 0.25) is 0 Å². The Morgan fingerprint density at radius 1 is 1.33 bits per heavy atom. The molecule has 0 bridgehead atoms. The van der Waals surface area contributed by atoms with Crippen LogP contribution in [-0.2, 0) is 9.59 Å². The molecule has 0 aliphatic heterocycles. The van der Waals surface area contributed by atoms with Crippen LogP contribution in [0.15, 0.2) is 24.3 Å². The minimum absolute atomic E-state index is 0.120. The molecule has 80 valence electrons. The Labute approximate surface area is 85.3 Å². The average molecular weight is 212 g/mol. The van der Waals surface area contributed by atoms with E-state index in [-0.39, 0.29) is 5.75 Å². The topological polar surface area (TPSA) is 63.6 Å². The number of aliphatic carboxylic acids is 1. The molecule has 0 aromatic heterocycles. The van der Waals surface area contributed by atoms with Gasteiger partial charge in [0.15, 0.2) is 5.92 Å². The fourth-order valence-corrected chi connectivity index (χ4v) is 0.808. The number of carboxylic acid groups (broad SMARTS) is 1. The average Bonchev–Trinajstić information content (AvgIpc) is 2.20. The summed E-state index contributed by atoms with van der Waals surface area (Å²) in [4.78, 5) is 21.6. The highest BCUT2D eigenvalue weighted by atomic mass is 19.1. The van der Waals surface area contributed by atoms with Crippen LogP contribution in [-0.4, -0.2) is 17.0 Å². The van der Waals surface area contributed by atoms with Crippen LogP contribution in [0.5, 0.6) is 5.75 Å². The normalized spacial score (nSPS) is 11.9. The molecule has 1 unspecified atom stereocenters. The second kappa shape index (κ2) is 4.54. The molecule has 0 aliphatic carbocycles. The molecule has 0 saturated heterocycles. The quantitative estimate of drug-likeness (QED) is 0.468. The van der Waals surface area contributed by atoms with Crippen molar-refractivity contribution in [3.8, 4) is 5.75 Å². The standard InChI is InChI=1S/C10H9FO4/c1-6(9(12)13)10(14)15-8-4-2-7(11)3-5-8/h2-6H,1H3,(H,12,13). The van der Waals surface area contributed by atoms with Gasteiger partial charge in [-0.2, -0.15) is 0 Å². The maximum absolute atomic E-state index is 12.5. The van der Waals surface area contributed by atoms with Crippen molar-refractivity contribution in [2.75, 3.05) is 0 Å². The third-order valence-electron chi connectivity index (χ3n) is 1.76. The van der Waals surface area contributed by atoms with Crippen LogP contribution < -0.4 is 4.74 Å². The van der Waals surface area contributed by atoms with Gasteiger partial charge < -0.3 is 9.84 Å². The minimum atomic E-state index is -1.26. The highest BCUT2D eigenvalue weighted by molar-refractivity contribution is 5.94. The van der Waals surface area contributed by atoms with E-state index in [9.17, 15) is 14.0 Å². The van der Waals surface area contributed by atoms with E-state index in [2.05, 4.69) is 0 Å². The van der Waals surface area contributed by atoms with Crippen LogP contribution >= 0.6 is 0 Å². The van der Waals surface area contributed by atoms with Crippen molar-refractivity contribution in [1.29, 1.82) is 0 Å². The Morgan fingerprint density at radius 2 is 1.87 bits per heavy atom. The van der Waals surface area contributed by atoms with Gasteiger partial charge in [0, 0.05) is 0 Å². The Hall–Kier alpha value is -1.91. The molecule has 1 rings (SSSR count). The number of carbonyl (C=O) groups is 2. The fourth-order valence-electron chi connectivity index (χ4n) is 0.808. The molecule has 0 heterocycles. The highest BCUT2D eigenvalue weighted by Gasteiger charge is 2.22. The van der Waals surface area contributed by atoms with Gasteiger partial charge in [-0.3, -0.25) is 9.59 Å². The molecule has 5 heteroatoms. The number of hydrogen-bond acceptors (Lipinski definition) is 3. The summed E-state index contributed by atoms with van der Waals surface area (Å²) in [7, 11) is 0. The number of esters is 1. The van der Waals surface area contributed by atoms with Crippen molar-refractivity contribution in [1.82, 2.24) is 0 Å². The van der Waals surface area contributed by atoms with Crippen molar-refractivity contribution >= 4 is 11.9 Å². The van der Waals surface area contributed by atoms with E-state index in [1.54, 1.807) is 0 Å². The van der Waals surface area contributed by atoms with Gasteiger partial charge in [-0.1, -0.05) is 0 Å². The maximum atomic E-state index is 12.5. The number of ether oxygens (including phenoxy) is 1. The van der Waals surface area contributed by atoms with Crippen LogP contribution in [0.25, 0.3) is 0 Å². The molecule has 0 amide bonds. The van der Waals surface area contributed by atoms with E-state index in [1.165, 1.54) is 19.1 Å². The summed E-state index contributed by atoms with van der Waals surface area (Å²) < 4.78 is 17.2. The van der Waals surface area contributed by atoms with E-state index in [4.69, 9.17) is 9.84 Å². The summed E-state index contributed by atoms with van der Waals surface area (Å²) in [5.74, 6) is -3.72. The zero-order valence-electron chi connectivity index (χ0n) is 7.94. The molecule has 1 N–H and O–H groups in total. The molecule has 0 saturated carbocycles. The summed E-state index contributed by atoms with van der Waals surface area (Å²) >= 11 is 0. The molecule has 4 nitrogen and oxygen atoms in total. The zero-order chi connectivity index (χ0) is 11.4. The molecule has 0 aliphatic rings. The molecular formula is C10H9FO4. The van der Waals surface area contributed by atoms with Crippen molar-refractivity contribution in [2.24, 2.45) is 5.92 Å². The van der Waals surface area contributed by atoms with Crippen molar-refractivity contribution < 1.29 is 23.8 Å². The molecule has 1 atom stereocenters. The molecule has 15 heavy (non-hydrogen) atoms. The second-order valence-corrected chi connectivity index (χ2v) is 2.93. The van der Waals surface area contributed by atoms with Crippen LogP contribution in [0.4, 0.5) is 4.39 Å². The molecule has 1 aromatic carbocycles. The van der Waals surface area contributed by atoms with Crippen molar-refractivity contribution in [2.45, 2.75) is 6.92 Å². The number of carbonyl (C=O) groups excluding carboxylic acids is 1. The van der Waals surface area contributed by atoms with Gasteiger partial charge in [0.2, 0.25) is 0 Å². The lowest BCUT2D eigenvalue weighted by molar-refractivity contribution is -0.151. The smallest absolute Gasteiger partial charge is 0.325 e. The maximum Gasteiger partial charge on any atom is 0.325 e. The van der Waals surface area contributed by atoms with E-state index in [1.807, 2.05) is 0 Å². The first-order valence-electron chi connectivity index (χ1n) is 4.21. The SMILES string of the molecule is CC(C(=O)O)C(=O)Oc1ccc(F)cc1. The lowest BCUT2D eigenvalue weighted by Gasteiger charge is -2.06. The van der Waals surface area contributed by atoms with Crippen LogP contribution in [0.3, 0.4) is 0 Å². The van der Waals surface area contributed by atoms with Gasteiger partial charge in [0.05, 0.1) is 0 Å². The highest BCUT2D eigenvalue weighted by Crippen LogP contribution is 2.13. The van der Waals surface area contributed by atoms with E-state index >= 15 is 0 Å². The summed E-state index contributed by atoms with van der Waals surface area (Å²) in [6.45, 7) is 1.22.